The van der Waals surface area contributed by atoms with Crippen LogP contribution in [0, 0.1) is 6.92 Å². The van der Waals surface area contributed by atoms with Gasteiger partial charge in [-0.3, -0.25) is 4.40 Å². The van der Waals surface area contributed by atoms with Crippen LogP contribution in [-0.2, 0) is 9.31 Å². The molecule has 0 aliphatic carbocycles. The Morgan fingerprint density at radius 1 is 1.16 bits per heavy atom. The molecule has 3 rings (SSSR count). The minimum absolute atomic E-state index is 0.350. The normalized spacial score (nSPS) is 21.2. The van der Waals surface area contributed by atoms with E-state index in [0.29, 0.717) is 0 Å². The molecule has 0 amide bonds. The molecule has 3 heterocycles. The maximum atomic E-state index is 6.11. The third kappa shape index (κ3) is 1.78. The first kappa shape index (κ1) is 12.6. The highest BCUT2D eigenvalue weighted by Crippen LogP contribution is 2.36. The number of pyridine rings is 1. The first-order valence-corrected chi connectivity index (χ1v) is 6.46. The first-order chi connectivity index (χ1) is 8.82. The maximum Gasteiger partial charge on any atom is 0.499 e. The summed E-state index contributed by atoms with van der Waals surface area (Å²) in [4.78, 5) is 0. The number of hydrogen-bond donors (Lipinski definition) is 0. The molecule has 6 heteroatoms. The zero-order valence-corrected chi connectivity index (χ0v) is 12.0. The second kappa shape index (κ2) is 3.80. The van der Waals surface area contributed by atoms with Gasteiger partial charge in [-0.05, 0) is 46.2 Å². The molecule has 0 saturated carbocycles. The lowest BCUT2D eigenvalue weighted by molar-refractivity contribution is 0.00578. The molecule has 1 aliphatic rings. The third-order valence-electron chi connectivity index (χ3n) is 4.21. The Morgan fingerprint density at radius 3 is 2.42 bits per heavy atom. The predicted octanol–water partition coefficient (Wildman–Crippen LogP) is 1.34. The highest BCUT2D eigenvalue weighted by Gasteiger charge is 2.52. The van der Waals surface area contributed by atoms with Crippen molar-refractivity contribution in [2.45, 2.75) is 45.8 Å². The molecule has 1 saturated heterocycles. The molecule has 0 spiro atoms. The fraction of sp³-hybridized carbons (Fsp3) is 0.538. The quantitative estimate of drug-likeness (QED) is 0.725. The summed E-state index contributed by atoms with van der Waals surface area (Å²) in [7, 11) is -0.405. The van der Waals surface area contributed by atoms with E-state index in [2.05, 4.69) is 10.2 Å². The van der Waals surface area contributed by atoms with Crippen LogP contribution in [0.1, 0.15) is 33.3 Å². The number of aryl methyl sites for hydroxylation is 1. The van der Waals surface area contributed by atoms with Gasteiger partial charge in [0, 0.05) is 11.7 Å². The van der Waals surface area contributed by atoms with E-state index in [1.807, 2.05) is 51.3 Å². The number of hydrogen-bond acceptors (Lipinski definition) is 4. The van der Waals surface area contributed by atoms with Crippen LogP contribution in [0.2, 0.25) is 0 Å². The molecule has 2 aromatic rings. The summed E-state index contributed by atoms with van der Waals surface area (Å²) in [5.74, 6) is 0. The molecule has 19 heavy (non-hydrogen) atoms. The van der Waals surface area contributed by atoms with Gasteiger partial charge in [0.25, 0.3) is 0 Å². The van der Waals surface area contributed by atoms with Crippen LogP contribution < -0.4 is 5.46 Å². The second-order valence-corrected chi connectivity index (χ2v) is 6.06. The fourth-order valence-corrected chi connectivity index (χ4v) is 2.25. The van der Waals surface area contributed by atoms with Crippen LogP contribution in [-0.4, -0.2) is 32.9 Å². The third-order valence-corrected chi connectivity index (χ3v) is 4.21. The van der Waals surface area contributed by atoms with Gasteiger partial charge in [0.15, 0.2) is 5.65 Å². The van der Waals surface area contributed by atoms with Crippen molar-refractivity contribution in [3.8, 4) is 0 Å². The van der Waals surface area contributed by atoms with Crippen LogP contribution in [0.25, 0.3) is 5.65 Å². The molecule has 0 N–H and O–H groups in total. The zero-order chi connectivity index (χ0) is 13.8. The van der Waals surface area contributed by atoms with Gasteiger partial charge in [0.1, 0.15) is 6.33 Å². The lowest BCUT2D eigenvalue weighted by Crippen LogP contribution is -2.41. The minimum Gasteiger partial charge on any atom is -0.399 e. The van der Waals surface area contributed by atoms with Gasteiger partial charge < -0.3 is 9.31 Å². The van der Waals surface area contributed by atoms with Crippen LogP contribution in [0.15, 0.2) is 18.6 Å². The zero-order valence-electron chi connectivity index (χ0n) is 12.0. The van der Waals surface area contributed by atoms with Gasteiger partial charge >= 0.3 is 7.12 Å². The van der Waals surface area contributed by atoms with E-state index in [-0.39, 0.29) is 11.2 Å². The monoisotopic (exact) mass is 259 g/mol. The topological polar surface area (TPSA) is 48.7 Å². The summed E-state index contributed by atoms with van der Waals surface area (Å²) in [6, 6.07) is 2.02. The van der Waals surface area contributed by atoms with Crippen molar-refractivity contribution in [1.82, 2.24) is 14.6 Å². The van der Waals surface area contributed by atoms with Gasteiger partial charge in [-0.15, -0.1) is 10.2 Å². The fourth-order valence-electron chi connectivity index (χ4n) is 2.25. The van der Waals surface area contributed by atoms with E-state index in [4.69, 9.17) is 9.31 Å². The summed E-state index contributed by atoms with van der Waals surface area (Å²) in [6.45, 7) is 10.2. The predicted molar refractivity (Wildman–Crippen MR) is 73.4 cm³/mol. The summed E-state index contributed by atoms with van der Waals surface area (Å²) in [5, 5.41) is 8.12. The van der Waals surface area contributed by atoms with Crippen molar-refractivity contribution in [3.05, 3.63) is 24.2 Å². The van der Waals surface area contributed by atoms with E-state index in [9.17, 15) is 0 Å². The van der Waals surface area contributed by atoms with Gasteiger partial charge in [-0.1, -0.05) is 0 Å². The van der Waals surface area contributed by atoms with E-state index in [1.165, 1.54) is 0 Å². The van der Waals surface area contributed by atoms with Crippen LogP contribution in [0.3, 0.4) is 0 Å². The smallest absolute Gasteiger partial charge is 0.399 e. The van der Waals surface area contributed by atoms with E-state index < -0.39 is 7.12 Å². The van der Waals surface area contributed by atoms with Gasteiger partial charge in [0.05, 0.1) is 11.2 Å². The van der Waals surface area contributed by atoms with E-state index in [1.54, 1.807) is 6.33 Å². The molecule has 0 atom stereocenters. The largest absolute Gasteiger partial charge is 0.499 e. The first-order valence-electron chi connectivity index (χ1n) is 6.46. The minimum atomic E-state index is -0.405. The molecule has 1 aliphatic heterocycles. The Kier molecular flexibility index (Phi) is 2.53. The molecule has 0 bridgehead atoms. The van der Waals surface area contributed by atoms with Crippen LogP contribution >= 0.6 is 0 Å². The number of aromatic nitrogens is 3. The lowest BCUT2D eigenvalue weighted by Gasteiger charge is -2.32. The molecular weight excluding hydrogens is 241 g/mol. The average molecular weight is 259 g/mol. The Hall–Kier alpha value is -1.40. The number of fused-ring (bicyclic) bond motifs is 1. The second-order valence-electron chi connectivity index (χ2n) is 6.06. The van der Waals surface area contributed by atoms with Crippen molar-refractivity contribution in [3.63, 3.8) is 0 Å². The molecule has 100 valence electrons. The average Bonchev–Trinajstić information content (AvgIpc) is 2.81. The number of nitrogens with zero attached hydrogens (tertiary/aromatic N) is 3. The maximum absolute atomic E-state index is 6.11. The van der Waals surface area contributed by atoms with E-state index in [0.717, 1.165) is 16.7 Å². The molecule has 5 nitrogen and oxygen atoms in total. The summed E-state index contributed by atoms with van der Waals surface area (Å²) >= 11 is 0. The molecule has 0 radical (unpaired) electrons. The van der Waals surface area contributed by atoms with Crippen LogP contribution in [0.4, 0.5) is 0 Å². The molecule has 0 unspecified atom stereocenters. The Morgan fingerprint density at radius 2 is 1.79 bits per heavy atom. The lowest BCUT2D eigenvalue weighted by atomic mass is 9.77. The van der Waals surface area contributed by atoms with Crippen molar-refractivity contribution >= 4 is 18.2 Å². The van der Waals surface area contributed by atoms with Crippen LogP contribution in [0.5, 0.6) is 0 Å². The highest BCUT2D eigenvalue weighted by molar-refractivity contribution is 6.64. The Bertz CT molecular complexity index is 620. The van der Waals surface area contributed by atoms with E-state index >= 15 is 0 Å². The van der Waals surface area contributed by atoms with Crippen molar-refractivity contribution < 1.29 is 9.31 Å². The SMILES string of the molecule is Cc1ccn2cnnc2c1B1OC(C)(C)C(C)(C)O1. The highest BCUT2D eigenvalue weighted by atomic mass is 16.7. The van der Waals surface area contributed by atoms with Crippen molar-refractivity contribution in [2.75, 3.05) is 0 Å². The summed E-state index contributed by atoms with van der Waals surface area (Å²) in [6.07, 6.45) is 3.63. The van der Waals surface area contributed by atoms with Gasteiger partial charge in [0.2, 0.25) is 0 Å². The Labute approximate surface area is 113 Å². The van der Waals surface area contributed by atoms with Crippen molar-refractivity contribution in [2.24, 2.45) is 0 Å². The standard InChI is InChI=1S/C13H18BN3O2/c1-9-6-7-17-8-15-16-11(17)10(9)14-18-12(2,3)13(4,5)19-14/h6-8H,1-5H3. The molecular formula is C13H18BN3O2. The number of rotatable bonds is 1. The summed E-state index contributed by atoms with van der Waals surface area (Å²) in [5.41, 5.74) is 2.14. The molecule has 0 aromatic carbocycles. The molecule has 1 fully saturated rings. The summed E-state index contributed by atoms with van der Waals surface area (Å²) < 4.78 is 14.1. The molecule has 2 aromatic heterocycles. The van der Waals surface area contributed by atoms with Crippen molar-refractivity contribution in [1.29, 1.82) is 0 Å². The van der Waals surface area contributed by atoms with Gasteiger partial charge in [-0.25, -0.2) is 0 Å². The Balaban J connectivity index is 2.12. The van der Waals surface area contributed by atoms with Gasteiger partial charge in [-0.2, -0.15) is 0 Å².